The molecule has 0 heterocycles. The molecule has 1 aliphatic rings. The van der Waals surface area contributed by atoms with Crippen LogP contribution in [0, 0.1) is 5.92 Å². The van der Waals surface area contributed by atoms with Crippen molar-refractivity contribution < 1.29 is 17.9 Å². The Morgan fingerprint density at radius 3 is 2.69 bits per heavy atom. The monoisotopic (exact) mass is 383 g/mol. The van der Waals surface area contributed by atoms with Crippen LogP contribution >= 0.6 is 0 Å². The Morgan fingerprint density at radius 2 is 2.04 bits per heavy atom. The van der Waals surface area contributed by atoms with E-state index >= 15 is 0 Å². The van der Waals surface area contributed by atoms with E-state index in [0.29, 0.717) is 24.3 Å². The lowest BCUT2D eigenvalue weighted by atomic mass is 9.85. The van der Waals surface area contributed by atoms with Crippen LogP contribution in [0.2, 0.25) is 0 Å². The van der Waals surface area contributed by atoms with Crippen LogP contribution in [0.25, 0.3) is 0 Å². The van der Waals surface area contributed by atoms with Gasteiger partial charge in [0, 0.05) is 24.6 Å². The zero-order valence-corrected chi connectivity index (χ0v) is 16.3. The molecule has 0 aromatic heterocycles. The Labute approximate surface area is 155 Å². The molecule has 1 aliphatic carbocycles. The number of methoxy groups -OCH3 is 1. The van der Waals surface area contributed by atoms with Gasteiger partial charge in [0.25, 0.3) is 0 Å². The molecular weight excluding hydrogens is 354 g/mol. The highest BCUT2D eigenvalue weighted by Crippen LogP contribution is 2.27. The van der Waals surface area contributed by atoms with E-state index in [1.807, 2.05) is 0 Å². The molecule has 4 N–H and O–H groups in total. The van der Waals surface area contributed by atoms with Crippen molar-refractivity contribution in [1.29, 1.82) is 0 Å². The summed E-state index contributed by atoms with van der Waals surface area (Å²) in [6.07, 6.45) is 4.20. The summed E-state index contributed by atoms with van der Waals surface area (Å²) in [4.78, 5) is 11.7. The summed E-state index contributed by atoms with van der Waals surface area (Å²) in [6.45, 7) is 2.45. The third-order valence-electron chi connectivity index (χ3n) is 4.88. The average Bonchev–Trinajstić information content (AvgIpc) is 2.65. The number of rotatable bonds is 8. The van der Waals surface area contributed by atoms with Crippen molar-refractivity contribution >= 4 is 15.9 Å². The molecule has 7 nitrogen and oxygen atoms in total. The van der Waals surface area contributed by atoms with Crippen molar-refractivity contribution in [1.82, 2.24) is 10.0 Å². The number of carbonyl (C=O) groups excluding carboxylic acids is 1. The molecule has 146 valence electrons. The summed E-state index contributed by atoms with van der Waals surface area (Å²) < 4.78 is 33.8. The fraction of sp³-hybridized carbons (Fsp3) is 0.611. The lowest BCUT2D eigenvalue weighted by Crippen LogP contribution is -2.44. The van der Waals surface area contributed by atoms with Gasteiger partial charge in [-0.2, -0.15) is 0 Å². The molecule has 2 atom stereocenters. The van der Waals surface area contributed by atoms with Crippen molar-refractivity contribution in [3.63, 3.8) is 0 Å². The molecule has 1 fully saturated rings. The lowest BCUT2D eigenvalue weighted by molar-refractivity contribution is -0.120. The van der Waals surface area contributed by atoms with Gasteiger partial charge in [-0.1, -0.05) is 19.8 Å². The van der Waals surface area contributed by atoms with Gasteiger partial charge < -0.3 is 15.8 Å². The second kappa shape index (κ2) is 9.34. The largest absolute Gasteiger partial charge is 0.496 e. The van der Waals surface area contributed by atoms with E-state index in [1.54, 1.807) is 19.1 Å². The zero-order chi connectivity index (χ0) is 19.2. The second-order valence-corrected chi connectivity index (χ2v) is 8.33. The van der Waals surface area contributed by atoms with Crippen LogP contribution in [-0.2, 0) is 21.4 Å². The molecule has 0 radical (unpaired) electrons. The molecule has 8 heteroatoms. The normalized spacial score (nSPS) is 20.6. The number of amides is 1. The van der Waals surface area contributed by atoms with Gasteiger partial charge in [0.05, 0.1) is 12.0 Å². The van der Waals surface area contributed by atoms with Crippen LogP contribution in [0.15, 0.2) is 23.1 Å². The molecule has 2 rings (SSSR count). The summed E-state index contributed by atoms with van der Waals surface area (Å²) in [5.74, 6) is 0.601. The maximum absolute atomic E-state index is 12.8. The summed E-state index contributed by atoms with van der Waals surface area (Å²) in [6, 6.07) is 4.55. The van der Waals surface area contributed by atoms with E-state index in [2.05, 4.69) is 10.0 Å². The zero-order valence-electron chi connectivity index (χ0n) is 15.5. The number of ether oxygens (including phenoxy) is 1. The van der Waals surface area contributed by atoms with Crippen molar-refractivity contribution in [3.8, 4) is 5.75 Å². The molecular formula is C18H29N3O4S. The van der Waals surface area contributed by atoms with Crippen LogP contribution in [0.5, 0.6) is 5.75 Å². The van der Waals surface area contributed by atoms with Crippen molar-refractivity contribution in [2.24, 2.45) is 11.7 Å². The fourth-order valence-electron chi connectivity index (χ4n) is 3.29. The van der Waals surface area contributed by atoms with E-state index in [9.17, 15) is 13.2 Å². The molecule has 1 saturated carbocycles. The highest BCUT2D eigenvalue weighted by atomic mass is 32.2. The van der Waals surface area contributed by atoms with Gasteiger partial charge in [-0.25, -0.2) is 13.1 Å². The first-order valence-electron chi connectivity index (χ1n) is 9.07. The van der Waals surface area contributed by atoms with E-state index in [4.69, 9.17) is 10.5 Å². The first-order chi connectivity index (χ1) is 12.4. The molecule has 2 unspecified atom stereocenters. The number of hydrogen-bond donors (Lipinski definition) is 3. The number of hydrogen-bond acceptors (Lipinski definition) is 5. The van der Waals surface area contributed by atoms with Crippen LogP contribution in [-0.4, -0.2) is 34.0 Å². The van der Waals surface area contributed by atoms with Gasteiger partial charge in [0.15, 0.2) is 0 Å². The van der Waals surface area contributed by atoms with Crippen molar-refractivity contribution in [2.75, 3.05) is 13.7 Å². The van der Waals surface area contributed by atoms with Gasteiger partial charge in [-0.15, -0.1) is 0 Å². The van der Waals surface area contributed by atoms with Crippen molar-refractivity contribution in [3.05, 3.63) is 23.8 Å². The standard InChI is InChI=1S/C18H29N3O4S/c1-3-18(22)20-12-14-10-15(8-9-17(14)25-2)26(23,24)21-16-7-5-4-6-13(16)11-19/h8-10,13,16,21H,3-7,11-12,19H2,1-2H3,(H,20,22). The number of benzene rings is 1. The molecule has 1 amide bonds. The van der Waals surface area contributed by atoms with Gasteiger partial charge in [-0.3, -0.25) is 4.79 Å². The average molecular weight is 384 g/mol. The molecule has 0 bridgehead atoms. The molecule has 1 aromatic carbocycles. The highest BCUT2D eigenvalue weighted by molar-refractivity contribution is 7.89. The first kappa shape index (κ1) is 20.7. The lowest BCUT2D eigenvalue weighted by Gasteiger charge is -2.31. The minimum absolute atomic E-state index is 0.105. The number of nitrogens with two attached hydrogens (primary N) is 1. The van der Waals surface area contributed by atoms with Crippen molar-refractivity contribution in [2.45, 2.75) is 56.5 Å². The van der Waals surface area contributed by atoms with Crippen LogP contribution < -0.4 is 20.5 Å². The topological polar surface area (TPSA) is 111 Å². The number of nitrogens with one attached hydrogen (secondary N) is 2. The molecule has 26 heavy (non-hydrogen) atoms. The molecule has 0 saturated heterocycles. The van der Waals surface area contributed by atoms with Crippen LogP contribution in [0.3, 0.4) is 0 Å². The van der Waals surface area contributed by atoms with Crippen LogP contribution in [0.4, 0.5) is 0 Å². The van der Waals surface area contributed by atoms with Gasteiger partial charge in [0.1, 0.15) is 5.75 Å². The third-order valence-corrected chi connectivity index (χ3v) is 6.37. The minimum atomic E-state index is -3.67. The maximum Gasteiger partial charge on any atom is 0.240 e. The third kappa shape index (κ3) is 5.18. The molecule has 1 aromatic rings. The highest BCUT2D eigenvalue weighted by Gasteiger charge is 2.29. The van der Waals surface area contributed by atoms with Gasteiger partial charge in [0.2, 0.25) is 15.9 Å². The van der Waals surface area contributed by atoms with Crippen LogP contribution in [0.1, 0.15) is 44.6 Å². The Balaban J connectivity index is 2.21. The minimum Gasteiger partial charge on any atom is -0.496 e. The summed E-state index contributed by atoms with van der Waals surface area (Å²) in [5, 5.41) is 2.75. The number of carbonyl (C=O) groups is 1. The Morgan fingerprint density at radius 1 is 1.31 bits per heavy atom. The second-order valence-electron chi connectivity index (χ2n) is 6.61. The molecule has 0 spiro atoms. The Kier molecular flexibility index (Phi) is 7.43. The Bertz CT molecular complexity index is 721. The smallest absolute Gasteiger partial charge is 0.240 e. The fourth-order valence-corrected chi connectivity index (χ4v) is 4.68. The van der Waals surface area contributed by atoms with E-state index in [-0.39, 0.29) is 29.3 Å². The number of sulfonamides is 1. The predicted octanol–water partition coefficient (Wildman–Crippen LogP) is 1.52. The summed E-state index contributed by atoms with van der Waals surface area (Å²) >= 11 is 0. The SMILES string of the molecule is CCC(=O)NCc1cc(S(=O)(=O)NC2CCCCC2CN)ccc1OC. The first-order valence-corrected chi connectivity index (χ1v) is 10.6. The van der Waals surface area contributed by atoms with Gasteiger partial charge in [-0.05, 0) is 43.5 Å². The van der Waals surface area contributed by atoms with Gasteiger partial charge >= 0.3 is 0 Å². The van der Waals surface area contributed by atoms with E-state index < -0.39 is 10.0 Å². The summed E-state index contributed by atoms with van der Waals surface area (Å²) in [5.41, 5.74) is 6.42. The maximum atomic E-state index is 12.8. The summed E-state index contributed by atoms with van der Waals surface area (Å²) in [7, 11) is -2.15. The molecule has 0 aliphatic heterocycles. The predicted molar refractivity (Wildman–Crippen MR) is 100 cm³/mol. The van der Waals surface area contributed by atoms with E-state index in [0.717, 1.165) is 25.7 Å². The Hall–Kier alpha value is -1.64. The van der Waals surface area contributed by atoms with E-state index in [1.165, 1.54) is 13.2 Å². The quantitative estimate of drug-likeness (QED) is 0.630.